The Hall–Kier alpha value is -6.24. The van der Waals surface area contributed by atoms with Crippen molar-refractivity contribution in [3.63, 3.8) is 0 Å². The fourth-order valence-corrected chi connectivity index (χ4v) is 8.02. The maximum Gasteiger partial charge on any atom is 0.0701 e. The molecule has 0 aliphatic rings. The first-order valence-electron chi connectivity index (χ1n) is 17.0. The molecule has 0 heterocycles. The van der Waals surface area contributed by atoms with Gasteiger partial charge >= 0.3 is 0 Å². The molecule has 0 amide bonds. The third-order valence-electron chi connectivity index (χ3n) is 10.2. The predicted octanol–water partition coefficient (Wildman–Crippen LogP) is 12.9. The summed E-state index contributed by atoms with van der Waals surface area (Å²) in [4.78, 5) is 0. The second-order valence-corrected chi connectivity index (χ2v) is 12.8. The minimum atomic E-state index is -0.476. The first kappa shape index (κ1) is 28.9. The van der Waals surface area contributed by atoms with Crippen LogP contribution in [0.4, 0.5) is 0 Å². The Balaban J connectivity index is 1.30. The zero-order valence-corrected chi connectivity index (χ0v) is 27.1. The Kier molecular flexibility index (Phi) is 7.14. The average Bonchev–Trinajstić information content (AvgIpc) is 3.20. The topological polar surface area (TPSA) is 0 Å². The molecule has 230 valence electrons. The molecule has 49 heavy (non-hydrogen) atoms. The highest BCUT2D eigenvalue weighted by Gasteiger charge is 2.38. The van der Waals surface area contributed by atoms with E-state index in [9.17, 15) is 0 Å². The molecule has 0 aliphatic heterocycles. The van der Waals surface area contributed by atoms with Crippen molar-refractivity contribution in [2.45, 2.75) is 5.41 Å². The maximum absolute atomic E-state index is 2.41. The van der Waals surface area contributed by atoms with Gasteiger partial charge in [-0.05, 0) is 89.0 Å². The molecule has 9 rings (SSSR count). The largest absolute Gasteiger partial charge is 0.0701 e. The standard InChI is InChI=1S/C49H34/c1-5-17-36(18-6-1)46-33-37(34-47-44-27-14-13-25-42(44)43-26-15-16-28-45(43)48(46)47)35-29-31-41(32-30-35)49(38-19-7-2-8-20-38,39-21-9-3-10-22-39)40-23-11-4-12-24-40/h1-34H. The van der Waals surface area contributed by atoms with Gasteiger partial charge in [0.15, 0.2) is 0 Å². The van der Waals surface area contributed by atoms with E-state index in [0.29, 0.717) is 0 Å². The first-order chi connectivity index (χ1) is 24.3. The Labute approximate surface area is 287 Å². The van der Waals surface area contributed by atoms with Gasteiger partial charge in [0.1, 0.15) is 0 Å². The Morgan fingerprint density at radius 2 is 0.633 bits per heavy atom. The number of hydrogen-bond donors (Lipinski definition) is 0. The van der Waals surface area contributed by atoms with Crippen LogP contribution in [0.3, 0.4) is 0 Å². The molecule has 9 aromatic rings. The molecule has 9 aromatic carbocycles. The zero-order valence-electron chi connectivity index (χ0n) is 27.1. The quantitative estimate of drug-likeness (QED) is 0.128. The Morgan fingerprint density at radius 1 is 0.245 bits per heavy atom. The number of benzene rings is 9. The summed E-state index contributed by atoms with van der Waals surface area (Å²) in [5.74, 6) is 0. The minimum Gasteiger partial charge on any atom is -0.0622 e. The van der Waals surface area contributed by atoms with Crippen molar-refractivity contribution in [3.8, 4) is 22.3 Å². The van der Waals surface area contributed by atoms with Crippen LogP contribution < -0.4 is 0 Å². The van der Waals surface area contributed by atoms with Gasteiger partial charge in [-0.25, -0.2) is 0 Å². The van der Waals surface area contributed by atoms with E-state index in [1.165, 1.54) is 76.8 Å². The summed E-state index contributed by atoms with van der Waals surface area (Å²) < 4.78 is 0. The molecule has 0 aromatic heterocycles. The Morgan fingerprint density at radius 3 is 1.14 bits per heavy atom. The van der Waals surface area contributed by atoms with E-state index in [2.05, 4.69) is 206 Å². The first-order valence-corrected chi connectivity index (χ1v) is 17.0. The van der Waals surface area contributed by atoms with Gasteiger partial charge in [-0.3, -0.25) is 0 Å². The fourth-order valence-electron chi connectivity index (χ4n) is 8.02. The summed E-state index contributed by atoms with van der Waals surface area (Å²) in [5.41, 5.74) is 9.39. The molecular weight excluding hydrogens is 589 g/mol. The normalized spacial score (nSPS) is 11.7. The van der Waals surface area contributed by atoms with Crippen molar-refractivity contribution in [1.29, 1.82) is 0 Å². The molecule has 0 saturated heterocycles. The van der Waals surface area contributed by atoms with Crippen molar-refractivity contribution in [2.24, 2.45) is 0 Å². The molecule has 0 fully saturated rings. The van der Waals surface area contributed by atoms with E-state index in [4.69, 9.17) is 0 Å². The van der Waals surface area contributed by atoms with Gasteiger partial charge in [-0.2, -0.15) is 0 Å². The lowest BCUT2D eigenvalue weighted by molar-refractivity contribution is 0.745. The van der Waals surface area contributed by atoms with Crippen molar-refractivity contribution in [3.05, 3.63) is 229 Å². The molecule has 0 heteroatoms. The van der Waals surface area contributed by atoms with Gasteiger partial charge in [-0.15, -0.1) is 0 Å². The van der Waals surface area contributed by atoms with Gasteiger partial charge in [0, 0.05) is 0 Å². The van der Waals surface area contributed by atoms with Crippen molar-refractivity contribution < 1.29 is 0 Å². The van der Waals surface area contributed by atoms with Crippen LogP contribution in [0.25, 0.3) is 54.6 Å². The van der Waals surface area contributed by atoms with Gasteiger partial charge in [0.2, 0.25) is 0 Å². The molecule has 0 bridgehead atoms. The highest BCUT2D eigenvalue weighted by molar-refractivity contribution is 6.29. The maximum atomic E-state index is 2.41. The third-order valence-corrected chi connectivity index (χ3v) is 10.2. The lowest BCUT2D eigenvalue weighted by Crippen LogP contribution is -2.30. The van der Waals surface area contributed by atoms with E-state index in [1.54, 1.807) is 0 Å². The van der Waals surface area contributed by atoms with Crippen LogP contribution in [0, 0.1) is 0 Å². The second-order valence-electron chi connectivity index (χ2n) is 12.8. The highest BCUT2D eigenvalue weighted by atomic mass is 14.4. The van der Waals surface area contributed by atoms with Gasteiger partial charge < -0.3 is 0 Å². The smallest absolute Gasteiger partial charge is 0.0622 e. The summed E-state index contributed by atoms with van der Waals surface area (Å²) >= 11 is 0. The summed E-state index contributed by atoms with van der Waals surface area (Å²) in [6, 6.07) is 75.5. The van der Waals surface area contributed by atoms with Crippen molar-refractivity contribution in [2.75, 3.05) is 0 Å². The molecule has 0 radical (unpaired) electrons. The van der Waals surface area contributed by atoms with E-state index in [-0.39, 0.29) is 0 Å². The fraction of sp³-hybridized carbons (Fsp3) is 0.0204. The molecule has 0 saturated carbocycles. The number of hydrogen-bond acceptors (Lipinski definition) is 0. The molecule has 0 atom stereocenters. The summed E-state index contributed by atoms with van der Waals surface area (Å²) in [6.45, 7) is 0. The monoisotopic (exact) mass is 622 g/mol. The van der Waals surface area contributed by atoms with Crippen molar-refractivity contribution in [1.82, 2.24) is 0 Å². The predicted molar refractivity (Wildman–Crippen MR) is 208 cm³/mol. The average molecular weight is 623 g/mol. The summed E-state index contributed by atoms with van der Waals surface area (Å²) in [5, 5.41) is 7.73. The molecule has 0 spiro atoms. The van der Waals surface area contributed by atoms with Gasteiger partial charge in [-0.1, -0.05) is 194 Å². The van der Waals surface area contributed by atoms with Crippen LogP contribution in [0.2, 0.25) is 0 Å². The number of fused-ring (bicyclic) bond motifs is 6. The van der Waals surface area contributed by atoms with Crippen LogP contribution >= 0.6 is 0 Å². The van der Waals surface area contributed by atoms with E-state index in [0.717, 1.165) is 0 Å². The Bertz CT molecular complexity index is 2450. The van der Waals surface area contributed by atoms with E-state index in [1.807, 2.05) is 0 Å². The van der Waals surface area contributed by atoms with Crippen LogP contribution in [-0.4, -0.2) is 0 Å². The summed E-state index contributed by atoms with van der Waals surface area (Å²) in [7, 11) is 0. The van der Waals surface area contributed by atoms with Crippen LogP contribution in [0.1, 0.15) is 22.3 Å². The number of rotatable bonds is 6. The summed E-state index contributed by atoms with van der Waals surface area (Å²) in [6.07, 6.45) is 0. The molecular formula is C49H34. The molecule has 0 unspecified atom stereocenters. The van der Waals surface area contributed by atoms with Gasteiger partial charge in [0.25, 0.3) is 0 Å². The van der Waals surface area contributed by atoms with Crippen LogP contribution in [0.5, 0.6) is 0 Å². The SMILES string of the molecule is c1ccc(-c2cc(-c3ccc(C(c4ccccc4)(c4ccccc4)c4ccccc4)cc3)cc3c4ccccc4c4ccccc4c23)cc1. The second kappa shape index (κ2) is 12.1. The van der Waals surface area contributed by atoms with Crippen LogP contribution in [0.15, 0.2) is 206 Å². The van der Waals surface area contributed by atoms with Crippen LogP contribution in [-0.2, 0) is 5.41 Å². The zero-order chi connectivity index (χ0) is 32.6. The molecule has 0 N–H and O–H groups in total. The van der Waals surface area contributed by atoms with E-state index < -0.39 is 5.41 Å². The van der Waals surface area contributed by atoms with Crippen molar-refractivity contribution >= 4 is 32.3 Å². The molecule has 0 nitrogen and oxygen atoms in total. The van der Waals surface area contributed by atoms with Gasteiger partial charge in [0.05, 0.1) is 5.41 Å². The lowest BCUT2D eigenvalue weighted by Gasteiger charge is -2.37. The third kappa shape index (κ3) is 4.76. The highest BCUT2D eigenvalue weighted by Crippen LogP contribution is 2.46. The van der Waals surface area contributed by atoms with E-state index >= 15 is 0 Å². The molecule has 0 aliphatic carbocycles. The lowest BCUT2D eigenvalue weighted by atomic mass is 9.65. The minimum absolute atomic E-state index is 0.476.